The number of ether oxygens (including phenoxy) is 1. The minimum absolute atomic E-state index is 0.332. The molecular weight excluding hydrogens is 402 g/mol. The van der Waals surface area contributed by atoms with Crippen molar-refractivity contribution in [1.82, 2.24) is 4.31 Å². The summed E-state index contributed by atoms with van der Waals surface area (Å²) in [7, 11) is -1.70. The molecule has 0 radical (unpaired) electrons. The Morgan fingerprint density at radius 2 is 1.79 bits per heavy atom. The lowest BCUT2D eigenvalue weighted by molar-refractivity contribution is 0.102. The third-order valence-corrected chi connectivity index (χ3v) is 6.15. The first kappa shape index (κ1) is 20.4. The standard InChI is InChI=1S/C19H22ClN3O4S/c1-27-18-8-7-14(20)13-15(18)19(24)21-16-5-3-4-6-17(16)22-9-11-23(12-10-22)28(2,25)26/h3-8,13H,9-12H2,1-2H3,(H,21,24). The fourth-order valence-electron chi connectivity index (χ4n) is 3.16. The van der Waals surface area contributed by atoms with Gasteiger partial charge in [0.1, 0.15) is 5.75 Å². The minimum Gasteiger partial charge on any atom is -0.496 e. The Labute approximate surface area is 169 Å². The van der Waals surface area contributed by atoms with Gasteiger partial charge in [0.05, 0.1) is 30.3 Å². The topological polar surface area (TPSA) is 79.0 Å². The normalized spacial score (nSPS) is 15.3. The summed E-state index contributed by atoms with van der Waals surface area (Å²) in [4.78, 5) is 14.9. The van der Waals surface area contributed by atoms with Gasteiger partial charge in [-0.3, -0.25) is 4.79 Å². The van der Waals surface area contributed by atoms with Crippen molar-refractivity contribution in [2.24, 2.45) is 0 Å². The number of nitrogens with zero attached hydrogens (tertiary/aromatic N) is 2. The van der Waals surface area contributed by atoms with Gasteiger partial charge in [-0.25, -0.2) is 8.42 Å². The van der Waals surface area contributed by atoms with E-state index in [1.807, 2.05) is 24.3 Å². The monoisotopic (exact) mass is 423 g/mol. The molecule has 0 spiro atoms. The van der Waals surface area contributed by atoms with Gasteiger partial charge < -0.3 is 15.0 Å². The highest BCUT2D eigenvalue weighted by molar-refractivity contribution is 7.88. The average Bonchev–Trinajstić information content (AvgIpc) is 2.68. The second-order valence-electron chi connectivity index (χ2n) is 6.46. The van der Waals surface area contributed by atoms with Gasteiger partial charge in [-0.1, -0.05) is 23.7 Å². The van der Waals surface area contributed by atoms with Crippen LogP contribution < -0.4 is 15.0 Å². The number of piperazine rings is 1. The molecule has 150 valence electrons. The molecule has 1 aliphatic rings. The second-order valence-corrected chi connectivity index (χ2v) is 8.88. The molecule has 1 heterocycles. The molecule has 1 amide bonds. The smallest absolute Gasteiger partial charge is 0.259 e. The number of anilines is 2. The van der Waals surface area contributed by atoms with E-state index in [1.165, 1.54) is 17.7 Å². The van der Waals surface area contributed by atoms with Crippen LogP contribution in [0, 0.1) is 0 Å². The van der Waals surface area contributed by atoms with E-state index in [0.717, 1.165) is 5.69 Å². The Morgan fingerprint density at radius 1 is 1.11 bits per heavy atom. The van der Waals surface area contributed by atoms with Crippen LogP contribution in [0.3, 0.4) is 0 Å². The lowest BCUT2D eigenvalue weighted by Crippen LogP contribution is -2.48. The Hall–Kier alpha value is -2.29. The van der Waals surface area contributed by atoms with E-state index in [1.54, 1.807) is 18.2 Å². The molecule has 0 bridgehead atoms. The van der Waals surface area contributed by atoms with Crippen molar-refractivity contribution in [3.63, 3.8) is 0 Å². The summed E-state index contributed by atoms with van der Waals surface area (Å²) in [6, 6.07) is 12.3. The third-order valence-electron chi connectivity index (χ3n) is 4.61. The molecule has 3 rings (SSSR count). The number of methoxy groups -OCH3 is 1. The van der Waals surface area contributed by atoms with Crippen molar-refractivity contribution in [3.8, 4) is 5.75 Å². The molecule has 1 aliphatic heterocycles. The molecule has 1 fully saturated rings. The summed E-state index contributed by atoms with van der Waals surface area (Å²) < 4.78 is 30.1. The SMILES string of the molecule is COc1ccc(Cl)cc1C(=O)Nc1ccccc1N1CCN(S(C)(=O)=O)CC1. The van der Waals surface area contributed by atoms with Crippen LogP contribution in [0.25, 0.3) is 0 Å². The molecule has 2 aromatic carbocycles. The van der Waals surface area contributed by atoms with E-state index in [2.05, 4.69) is 10.2 Å². The molecule has 0 unspecified atom stereocenters. The number of amides is 1. The van der Waals surface area contributed by atoms with Gasteiger partial charge in [-0.15, -0.1) is 0 Å². The highest BCUT2D eigenvalue weighted by atomic mass is 35.5. The zero-order valence-electron chi connectivity index (χ0n) is 15.7. The molecule has 0 aromatic heterocycles. The van der Waals surface area contributed by atoms with Crippen molar-refractivity contribution in [1.29, 1.82) is 0 Å². The molecule has 28 heavy (non-hydrogen) atoms. The quantitative estimate of drug-likeness (QED) is 0.799. The van der Waals surface area contributed by atoms with E-state index < -0.39 is 10.0 Å². The van der Waals surface area contributed by atoms with Crippen molar-refractivity contribution in [2.45, 2.75) is 0 Å². The fourth-order valence-corrected chi connectivity index (χ4v) is 4.16. The van der Waals surface area contributed by atoms with Crippen molar-refractivity contribution in [2.75, 3.05) is 49.8 Å². The zero-order valence-corrected chi connectivity index (χ0v) is 17.3. The predicted molar refractivity (Wildman–Crippen MR) is 111 cm³/mol. The maximum Gasteiger partial charge on any atom is 0.259 e. The van der Waals surface area contributed by atoms with Crippen LogP contribution >= 0.6 is 11.6 Å². The van der Waals surface area contributed by atoms with Crippen molar-refractivity contribution < 1.29 is 17.9 Å². The van der Waals surface area contributed by atoms with Crippen molar-refractivity contribution >= 4 is 38.9 Å². The van der Waals surface area contributed by atoms with E-state index in [0.29, 0.717) is 48.2 Å². The van der Waals surface area contributed by atoms with Gasteiger partial charge in [0.15, 0.2) is 0 Å². The van der Waals surface area contributed by atoms with Gasteiger partial charge in [-0.05, 0) is 30.3 Å². The summed E-state index contributed by atoms with van der Waals surface area (Å²) in [6.45, 7) is 1.90. The van der Waals surface area contributed by atoms with Crippen LogP contribution in [0.1, 0.15) is 10.4 Å². The van der Waals surface area contributed by atoms with Crippen LogP contribution in [0.4, 0.5) is 11.4 Å². The number of nitrogens with one attached hydrogen (secondary N) is 1. The first-order valence-electron chi connectivity index (χ1n) is 8.73. The highest BCUT2D eigenvalue weighted by Crippen LogP contribution is 2.29. The maximum atomic E-state index is 12.8. The summed E-state index contributed by atoms with van der Waals surface area (Å²) in [6.07, 6.45) is 1.22. The number of para-hydroxylation sites is 2. The van der Waals surface area contributed by atoms with E-state index in [-0.39, 0.29) is 5.91 Å². The van der Waals surface area contributed by atoms with Crippen LogP contribution in [0.5, 0.6) is 5.75 Å². The average molecular weight is 424 g/mol. The number of carbonyl (C=O) groups excluding carboxylic acids is 1. The first-order valence-corrected chi connectivity index (χ1v) is 11.0. The molecule has 1 N–H and O–H groups in total. The number of sulfonamides is 1. The molecule has 0 saturated carbocycles. The summed E-state index contributed by atoms with van der Waals surface area (Å²) in [5.41, 5.74) is 1.82. The molecule has 7 nitrogen and oxygen atoms in total. The predicted octanol–water partition coefficient (Wildman–Crippen LogP) is 2.68. The number of rotatable bonds is 5. The number of carbonyl (C=O) groups is 1. The van der Waals surface area contributed by atoms with Gasteiger partial charge in [0, 0.05) is 31.2 Å². The zero-order chi connectivity index (χ0) is 20.3. The van der Waals surface area contributed by atoms with Gasteiger partial charge >= 0.3 is 0 Å². The Balaban J connectivity index is 1.80. The molecular formula is C19H22ClN3O4S. The number of benzene rings is 2. The Kier molecular flexibility index (Phi) is 6.12. The molecule has 1 saturated heterocycles. The van der Waals surface area contributed by atoms with Crippen LogP contribution in [0.2, 0.25) is 5.02 Å². The highest BCUT2D eigenvalue weighted by Gasteiger charge is 2.25. The van der Waals surface area contributed by atoms with Gasteiger partial charge in [0.25, 0.3) is 5.91 Å². The molecule has 0 aliphatic carbocycles. The third kappa shape index (κ3) is 4.57. The minimum atomic E-state index is -3.20. The fraction of sp³-hybridized carbons (Fsp3) is 0.316. The lowest BCUT2D eigenvalue weighted by atomic mass is 10.1. The summed E-state index contributed by atoms with van der Waals surface area (Å²) >= 11 is 6.03. The number of hydrogen-bond acceptors (Lipinski definition) is 5. The maximum absolute atomic E-state index is 12.8. The number of hydrogen-bond donors (Lipinski definition) is 1. The van der Waals surface area contributed by atoms with E-state index in [9.17, 15) is 13.2 Å². The van der Waals surface area contributed by atoms with Gasteiger partial charge in [-0.2, -0.15) is 4.31 Å². The summed E-state index contributed by atoms with van der Waals surface area (Å²) in [5, 5.41) is 3.36. The van der Waals surface area contributed by atoms with E-state index >= 15 is 0 Å². The van der Waals surface area contributed by atoms with Crippen molar-refractivity contribution in [3.05, 3.63) is 53.1 Å². The van der Waals surface area contributed by atoms with Crippen LogP contribution in [-0.4, -0.2) is 58.2 Å². The van der Waals surface area contributed by atoms with Crippen LogP contribution in [0.15, 0.2) is 42.5 Å². The molecule has 2 aromatic rings. The molecule has 0 atom stereocenters. The molecule has 9 heteroatoms. The lowest BCUT2D eigenvalue weighted by Gasteiger charge is -2.35. The van der Waals surface area contributed by atoms with E-state index in [4.69, 9.17) is 16.3 Å². The Morgan fingerprint density at radius 3 is 2.43 bits per heavy atom. The summed E-state index contributed by atoms with van der Waals surface area (Å²) in [5.74, 6) is 0.0997. The number of halogens is 1. The Bertz CT molecular complexity index is 973. The van der Waals surface area contributed by atoms with Crippen LogP contribution in [-0.2, 0) is 10.0 Å². The largest absolute Gasteiger partial charge is 0.496 e. The second kappa shape index (κ2) is 8.38. The van der Waals surface area contributed by atoms with Gasteiger partial charge in [0.2, 0.25) is 10.0 Å². The first-order chi connectivity index (χ1) is 13.3.